The Morgan fingerprint density at radius 1 is 1.43 bits per heavy atom. The lowest BCUT2D eigenvalue weighted by Gasteiger charge is -2.36. The van der Waals surface area contributed by atoms with Crippen LogP contribution in [0.4, 0.5) is 0 Å². The Balaban J connectivity index is 4.07. The highest BCUT2D eigenvalue weighted by Gasteiger charge is 2.37. The number of terminal acetylenes is 1. The van der Waals surface area contributed by atoms with Gasteiger partial charge in [0.15, 0.2) is 8.32 Å². The Bertz CT molecular complexity index is 210. The molecule has 1 N–H and O–H groups in total. The molecule has 0 aromatic heterocycles. The summed E-state index contributed by atoms with van der Waals surface area (Å²) in [4.78, 5) is 0. The molecule has 1 atom stereocenters. The number of aliphatic hydroxyl groups excluding tert-OH is 1. The standard InChI is InChI=1S/C11H22O2Si/c1-7-8-10(12)9-13-14(5,6)11(2,3)4/h1,10,12H,8-9H2,2-6H3. The van der Waals surface area contributed by atoms with Gasteiger partial charge in [0.1, 0.15) is 0 Å². The van der Waals surface area contributed by atoms with E-state index in [-0.39, 0.29) is 5.04 Å². The molecule has 0 aliphatic rings. The number of hydrogen-bond acceptors (Lipinski definition) is 2. The topological polar surface area (TPSA) is 29.5 Å². The molecule has 0 saturated carbocycles. The van der Waals surface area contributed by atoms with Crippen LogP contribution in [0.1, 0.15) is 27.2 Å². The summed E-state index contributed by atoms with van der Waals surface area (Å²) >= 11 is 0. The maximum absolute atomic E-state index is 9.43. The van der Waals surface area contributed by atoms with E-state index >= 15 is 0 Å². The third-order valence-corrected chi connectivity index (χ3v) is 7.30. The van der Waals surface area contributed by atoms with Gasteiger partial charge in [-0.15, -0.1) is 12.3 Å². The first-order valence-electron chi connectivity index (χ1n) is 4.96. The van der Waals surface area contributed by atoms with E-state index < -0.39 is 14.4 Å². The van der Waals surface area contributed by atoms with E-state index in [2.05, 4.69) is 39.8 Å². The summed E-state index contributed by atoms with van der Waals surface area (Å²) in [5.74, 6) is 2.43. The number of hydrogen-bond donors (Lipinski definition) is 1. The van der Waals surface area contributed by atoms with Crippen molar-refractivity contribution in [2.75, 3.05) is 6.61 Å². The molecule has 0 radical (unpaired) electrons. The Kier molecular flexibility index (Phi) is 4.86. The fraction of sp³-hybridized carbons (Fsp3) is 0.818. The smallest absolute Gasteiger partial charge is 0.192 e. The van der Waals surface area contributed by atoms with Crippen molar-refractivity contribution in [2.24, 2.45) is 0 Å². The first-order chi connectivity index (χ1) is 6.20. The lowest BCUT2D eigenvalue weighted by Crippen LogP contribution is -2.42. The van der Waals surface area contributed by atoms with Crippen LogP contribution in [0, 0.1) is 12.3 Å². The molecular formula is C11H22O2Si. The lowest BCUT2D eigenvalue weighted by molar-refractivity contribution is 0.104. The first kappa shape index (κ1) is 13.7. The Hall–Kier alpha value is -0.303. The zero-order valence-electron chi connectivity index (χ0n) is 9.92. The maximum atomic E-state index is 9.43. The van der Waals surface area contributed by atoms with E-state index in [1.165, 1.54) is 0 Å². The van der Waals surface area contributed by atoms with Crippen molar-refractivity contribution in [3.63, 3.8) is 0 Å². The Morgan fingerprint density at radius 2 is 1.93 bits per heavy atom. The van der Waals surface area contributed by atoms with E-state index in [1.807, 2.05) is 0 Å². The van der Waals surface area contributed by atoms with E-state index in [1.54, 1.807) is 0 Å². The Labute approximate surface area is 88.8 Å². The molecule has 14 heavy (non-hydrogen) atoms. The molecule has 0 aliphatic carbocycles. The Morgan fingerprint density at radius 3 is 2.29 bits per heavy atom. The zero-order valence-corrected chi connectivity index (χ0v) is 10.9. The second kappa shape index (κ2) is 4.97. The minimum Gasteiger partial charge on any atom is -0.414 e. The lowest BCUT2D eigenvalue weighted by atomic mass is 10.2. The fourth-order valence-corrected chi connectivity index (χ4v) is 1.76. The van der Waals surface area contributed by atoms with Crippen LogP contribution >= 0.6 is 0 Å². The average Bonchev–Trinajstić information content (AvgIpc) is 1.99. The van der Waals surface area contributed by atoms with Crippen LogP contribution in [0.5, 0.6) is 0 Å². The van der Waals surface area contributed by atoms with Gasteiger partial charge in [-0.3, -0.25) is 0 Å². The van der Waals surface area contributed by atoms with Crippen LogP contribution in [0.3, 0.4) is 0 Å². The number of rotatable bonds is 4. The largest absolute Gasteiger partial charge is 0.414 e. The molecule has 0 amide bonds. The van der Waals surface area contributed by atoms with E-state index in [0.717, 1.165) is 0 Å². The van der Waals surface area contributed by atoms with Crippen molar-refractivity contribution in [1.82, 2.24) is 0 Å². The molecule has 0 aliphatic heterocycles. The third-order valence-electron chi connectivity index (χ3n) is 2.80. The van der Waals surface area contributed by atoms with Gasteiger partial charge in [-0.2, -0.15) is 0 Å². The van der Waals surface area contributed by atoms with Crippen LogP contribution in [0.15, 0.2) is 0 Å². The molecule has 0 saturated heterocycles. The minimum absolute atomic E-state index is 0.183. The molecule has 0 spiro atoms. The van der Waals surface area contributed by atoms with Crippen LogP contribution in [0.25, 0.3) is 0 Å². The van der Waals surface area contributed by atoms with Gasteiger partial charge in [-0.1, -0.05) is 20.8 Å². The first-order valence-corrected chi connectivity index (χ1v) is 7.87. The molecule has 0 bridgehead atoms. The molecule has 82 valence electrons. The van der Waals surface area contributed by atoms with E-state index in [0.29, 0.717) is 13.0 Å². The van der Waals surface area contributed by atoms with Gasteiger partial charge < -0.3 is 9.53 Å². The van der Waals surface area contributed by atoms with E-state index in [9.17, 15) is 5.11 Å². The van der Waals surface area contributed by atoms with Crippen LogP contribution in [0.2, 0.25) is 18.1 Å². The van der Waals surface area contributed by atoms with Gasteiger partial charge >= 0.3 is 0 Å². The molecule has 3 heteroatoms. The van der Waals surface area contributed by atoms with Crippen LogP contribution in [-0.4, -0.2) is 26.1 Å². The van der Waals surface area contributed by atoms with Crippen molar-refractivity contribution < 1.29 is 9.53 Å². The predicted molar refractivity (Wildman–Crippen MR) is 62.6 cm³/mol. The summed E-state index contributed by atoms with van der Waals surface area (Å²) in [5.41, 5.74) is 0. The third kappa shape index (κ3) is 4.27. The van der Waals surface area contributed by atoms with Gasteiger partial charge in [-0.05, 0) is 18.1 Å². The SMILES string of the molecule is C#CCC(O)CO[Si](C)(C)C(C)(C)C. The highest BCUT2D eigenvalue weighted by atomic mass is 28.4. The molecule has 1 unspecified atom stereocenters. The second-order valence-electron chi connectivity index (χ2n) is 5.13. The van der Waals surface area contributed by atoms with Crippen LogP contribution < -0.4 is 0 Å². The zero-order chi connectivity index (χ0) is 11.4. The quantitative estimate of drug-likeness (QED) is 0.575. The summed E-state index contributed by atoms with van der Waals surface area (Å²) in [6.45, 7) is 11.2. The second-order valence-corrected chi connectivity index (χ2v) is 9.94. The summed E-state index contributed by atoms with van der Waals surface area (Å²) in [6.07, 6.45) is 4.95. The van der Waals surface area contributed by atoms with Gasteiger partial charge in [0.25, 0.3) is 0 Å². The molecule has 0 fully saturated rings. The molecule has 0 aromatic rings. The average molecular weight is 214 g/mol. The summed E-state index contributed by atoms with van der Waals surface area (Å²) in [5, 5.41) is 9.62. The summed E-state index contributed by atoms with van der Waals surface area (Å²) in [7, 11) is -1.73. The highest BCUT2D eigenvalue weighted by molar-refractivity contribution is 6.74. The summed E-state index contributed by atoms with van der Waals surface area (Å²) < 4.78 is 5.80. The number of aliphatic hydroxyl groups is 1. The van der Waals surface area contributed by atoms with Gasteiger partial charge in [-0.25, -0.2) is 0 Å². The predicted octanol–water partition coefficient (Wildman–Crippen LogP) is 2.39. The molecular weight excluding hydrogens is 192 g/mol. The minimum atomic E-state index is -1.73. The van der Waals surface area contributed by atoms with Crippen molar-refractivity contribution in [3.8, 4) is 12.3 Å². The van der Waals surface area contributed by atoms with Gasteiger partial charge in [0.05, 0.1) is 12.7 Å². The van der Waals surface area contributed by atoms with Gasteiger partial charge in [0.2, 0.25) is 0 Å². The van der Waals surface area contributed by atoms with Gasteiger partial charge in [0, 0.05) is 6.42 Å². The molecule has 0 rings (SSSR count). The highest BCUT2D eigenvalue weighted by Crippen LogP contribution is 2.36. The molecule has 0 aromatic carbocycles. The van der Waals surface area contributed by atoms with Crippen molar-refractivity contribution in [1.29, 1.82) is 0 Å². The van der Waals surface area contributed by atoms with Crippen molar-refractivity contribution >= 4 is 8.32 Å². The fourth-order valence-electron chi connectivity index (χ4n) is 0.716. The molecule has 0 heterocycles. The normalized spacial score (nSPS) is 14.9. The maximum Gasteiger partial charge on any atom is 0.192 e. The summed E-state index contributed by atoms with van der Waals surface area (Å²) in [6, 6.07) is 0. The van der Waals surface area contributed by atoms with Crippen molar-refractivity contribution in [3.05, 3.63) is 0 Å². The van der Waals surface area contributed by atoms with Crippen molar-refractivity contribution in [2.45, 2.75) is 51.4 Å². The van der Waals surface area contributed by atoms with Crippen LogP contribution in [-0.2, 0) is 4.43 Å². The molecule has 2 nitrogen and oxygen atoms in total. The van der Waals surface area contributed by atoms with E-state index in [4.69, 9.17) is 10.8 Å². The monoisotopic (exact) mass is 214 g/mol.